The van der Waals surface area contributed by atoms with Crippen molar-refractivity contribution in [2.24, 2.45) is 5.92 Å². The third-order valence-corrected chi connectivity index (χ3v) is 3.62. The largest absolute Gasteiger partial charge is 0.481 e. The Bertz CT molecular complexity index is 474. The summed E-state index contributed by atoms with van der Waals surface area (Å²) in [4.78, 5) is 10.5. The molecule has 2 unspecified atom stereocenters. The molecule has 0 spiro atoms. The first-order valence-electron chi connectivity index (χ1n) is 6.44. The van der Waals surface area contributed by atoms with Crippen LogP contribution >= 0.6 is 0 Å². The van der Waals surface area contributed by atoms with Crippen LogP contribution in [-0.4, -0.2) is 37.5 Å². The van der Waals surface area contributed by atoms with E-state index in [1.54, 1.807) is 0 Å². The van der Waals surface area contributed by atoms with E-state index in [0.29, 0.717) is 19.3 Å². The topological polar surface area (TPSA) is 80.9 Å². The van der Waals surface area contributed by atoms with Crippen molar-refractivity contribution in [2.45, 2.75) is 50.7 Å². The van der Waals surface area contributed by atoms with E-state index in [2.05, 4.69) is 15.5 Å². The molecule has 2 rings (SSSR count). The molecule has 1 aliphatic rings. The molecule has 1 heterocycles. The summed E-state index contributed by atoms with van der Waals surface area (Å²) < 4.78 is 40.4. The van der Waals surface area contributed by atoms with Gasteiger partial charge >= 0.3 is 12.1 Å². The number of alkyl halides is 3. The van der Waals surface area contributed by atoms with Crippen molar-refractivity contribution >= 4 is 5.97 Å². The third kappa shape index (κ3) is 3.26. The molecule has 0 aromatic carbocycles. The van der Waals surface area contributed by atoms with Crippen molar-refractivity contribution in [3.63, 3.8) is 0 Å². The SMILES string of the molecule is O=C(O)CCn1nnnc1C1CCCCC1C(F)(F)F. The van der Waals surface area contributed by atoms with Gasteiger partial charge in [0.2, 0.25) is 0 Å². The molecule has 0 radical (unpaired) electrons. The van der Waals surface area contributed by atoms with Gasteiger partial charge < -0.3 is 5.11 Å². The van der Waals surface area contributed by atoms with Crippen molar-refractivity contribution in [1.29, 1.82) is 0 Å². The normalized spacial score (nSPS) is 23.8. The number of rotatable bonds is 4. The van der Waals surface area contributed by atoms with Gasteiger partial charge in [0.05, 0.1) is 18.9 Å². The van der Waals surface area contributed by atoms with Gasteiger partial charge in [0, 0.05) is 5.92 Å². The van der Waals surface area contributed by atoms with Gasteiger partial charge in [-0.05, 0) is 23.3 Å². The zero-order valence-corrected chi connectivity index (χ0v) is 10.7. The Morgan fingerprint density at radius 2 is 2.05 bits per heavy atom. The highest BCUT2D eigenvalue weighted by Gasteiger charge is 2.47. The molecule has 1 aromatic heterocycles. The Morgan fingerprint density at radius 3 is 2.70 bits per heavy atom. The number of aliphatic carboxylic acids is 1. The lowest BCUT2D eigenvalue weighted by molar-refractivity contribution is -0.188. The summed E-state index contributed by atoms with van der Waals surface area (Å²) in [5, 5.41) is 19.3. The van der Waals surface area contributed by atoms with Crippen LogP contribution in [-0.2, 0) is 11.3 Å². The molecule has 112 valence electrons. The van der Waals surface area contributed by atoms with E-state index < -0.39 is 24.0 Å². The minimum Gasteiger partial charge on any atom is -0.481 e. The number of nitrogens with zero attached hydrogens (tertiary/aromatic N) is 4. The highest BCUT2D eigenvalue weighted by molar-refractivity contribution is 5.66. The van der Waals surface area contributed by atoms with Gasteiger partial charge in [0.25, 0.3) is 0 Å². The van der Waals surface area contributed by atoms with Gasteiger partial charge in [-0.15, -0.1) is 5.10 Å². The maximum atomic E-state index is 13.1. The second-order valence-corrected chi connectivity index (χ2v) is 4.94. The van der Waals surface area contributed by atoms with Crippen LogP contribution in [0.1, 0.15) is 43.8 Å². The maximum Gasteiger partial charge on any atom is 0.392 e. The predicted molar refractivity (Wildman–Crippen MR) is 60.8 cm³/mol. The van der Waals surface area contributed by atoms with E-state index in [4.69, 9.17) is 5.11 Å². The number of aromatic nitrogens is 4. The molecule has 1 aromatic rings. The number of carboxylic acid groups (broad SMARTS) is 1. The molecule has 1 aliphatic carbocycles. The fraction of sp³-hybridized carbons (Fsp3) is 0.818. The first kappa shape index (κ1) is 14.7. The van der Waals surface area contributed by atoms with Crippen LogP contribution in [0.2, 0.25) is 0 Å². The van der Waals surface area contributed by atoms with Crippen molar-refractivity contribution in [1.82, 2.24) is 20.2 Å². The molecular formula is C11H15F3N4O2. The Morgan fingerprint density at radius 1 is 1.35 bits per heavy atom. The zero-order valence-electron chi connectivity index (χ0n) is 10.7. The molecule has 0 aliphatic heterocycles. The van der Waals surface area contributed by atoms with Crippen LogP contribution in [0, 0.1) is 5.92 Å². The molecule has 20 heavy (non-hydrogen) atoms. The van der Waals surface area contributed by atoms with E-state index in [-0.39, 0.29) is 25.2 Å². The van der Waals surface area contributed by atoms with Crippen LogP contribution in [0.15, 0.2) is 0 Å². The molecule has 1 saturated carbocycles. The van der Waals surface area contributed by atoms with Crippen LogP contribution in [0.5, 0.6) is 0 Å². The Labute approximate surface area is 113 Å². The standard InChI is InChI=1S/C11H15F3N4O2/c12-11(13,14)8-4-2-1-3-7(8)10-15-16-17-18(10)6-5-9(19)20/h7-8H,1-6H2,(H,19,20). The number of carboxylic acids is 1. The lowest BCUT2D eigenvalue weighted by Crippen LogP contribution is -2.33. The van der Waals surface area contributed by atoms with Crippen molar-refractivity contribution in [3.05, 3.63) is 5.82 Å². The molecule has 6 nitrogen and oxygen atoms in total. The third-order valence-electron chi connectivity index (χ3n) is 3.62. The number of carbonyl (C=O) groups is 1. The number of aryl methyl sites for hydroxylation is 1. The smallest absolute Gasteiger partial charge is 0.392 e. The first-order valence-corrected chi connectivity index (χ1v) is 6.44. The Hall–Kier alpha value is -1.67. The molecule has 2 atom stereocenters. The summed E-state index contributed by atoms with van der Waals surface area (Å²) in [7, 11) is 0. The molecular weight excluding hydrogens is 277 g/mol. The van der Waals surface area contributed by atoms with Gasteiger partial charge in [-0.1, -0.05) is 12.8 Å². The predicted octanol–water partition coefficient (Wildman–Crippen LogP) is 1.98. The number of hydrogen-bond donors (Lipinski definition) is 1. The van der Waals surface area contributed by atoms with Crippen LogP contribution in [0.4, 0.5) is 13.2 Å². The monoisotopic (exact) mass is 292 g/mol. The molecule has 1 fully saturated rings. The minimum absolute atomic E-state index is 0.0151. The van der Waals surface area contributed by atoms with Gasteiger partial charge in [0.15, 0.2) is 5.82 Å². The zero-order chi connectivity index (χ0) is 14.8. The van der Waals surface area contributed by atoms with Gasteiger partial charge in [-0.3, -0.25) is 4.79 Å². The van der Waals surface area contributed by atoms with E-state index in [1.807, 2.05) is 0 Å². The highest BCUT2D eigenvalue weighted by Crippen LogP contribution is 2.45. The summed E-state index contributed by atoms with van der Waals surface area (Å²) >= 11 is 0. The molecule has 0 amide bonds. The Balaban J connectivity index is 2.20. The average molecular weight is 292 g/mol. The van der Waals surface area contributed by atoms with E-state index in [9.17, 15) is 18.0 Å². The summed E-state index contributed by atoms with van der Waals surface area (Å²) in [5.74, 6) is -3.13. The highest BCUT2D eigenvalue weighted by atomic mass is 19.4. The molecule has 0 bridgehead atoms. The summed E-state index contributed by atoms with van der Waals surface area (Å²) in [6.07, 6.45) is -2.83. The number of tetrazole rings is 1. The Kier molecular flexibility index (Phi) is 4.24. The first-order chi connectivity index (χ1) is 9.39. The minimum atomic E-state index is -4.28. The van der Waals surface area contributed by atoms with Crippen molar-refractivity contribution in [3.8, 4) is 0 Å². The lowest BCUT2D eigenvalue weighted by Gasteiger charge is -2.31. The van der Waals surface area contributed by atoms with Gasteiger partial charge in [0.1, 0.15) is 0 Å². The number of halogens is 3. The van der Waals surface area contributed by atoms with E-state index in [0.717, 1.165) is 0 Å². The van der Waals surface area contributed by atoms with E-state index >= 15 is 0 Å². The average Bonchev–Trinajstić information content (AvgIpc) is 2.83. The summed E-state index contributed by atoms with van der Waals surface area (Å²) in [6.45, 7) is -0.0151. The van der Waals surface area contributed by atoms with Gasteiger partial charge in [-0.25, -0.2) is 4.68 Å². The van der Waals surface area contributed by atoms with Crippen molar-refractivity contribution in [2.75, 3.05) is 0 Å². The van der Waals surface area contributed by atoms with E-state index in [1.165, 1.54) is 4.68 Å². The second kappa shape index (κ2) is 5.76. The molecule has 9 heteroatoms. The van der Waals surface area contributed by atoms with Crippen LogP contribution in [0.3, 0.4) is 0 Å². The second-order valence-electron chi connectivity index (χ2n) is 4.94. The lowest BCUT2D eigenvalue weighted by atomic mass is 9.78. The summed E-state index contributed by atoms with van der Waals surface area (Å²) in [5.41, 5.74) is 0. The fourth-order valence-electron chi connectivity index (χ4n) is 2.67. The van der Waals surface area contributed by atoms with Crippen LogP contribution in [0.25, 0.3) is 0 Å². The quantitative estimate of drug-likeness (QED) is 0.917. The fourth-order valence-corrected chi connectivity index (χ4v) is 2.67. The van der Waals surface area contributed by atoms with Crippen molar-refractivity contribution < 1.29 is 23.1 Å². The molecule has 1 N–H and O–H groups in total. The van der Waals surface area contributed by atoms with Crippen LogP contribution < -0.4 is 0 Å². The van der Waals surface area contributed by atoms with Gasteiger partial charge in [-0.2, -0.15) is 13.2 Å². The maximum absolute atomic E-state index is 13.1. The molecule has 0 saturated heterocycles. The number of hydrogen-bond acceptors (Lipinski definition) is 4. The summed E-state index contributed by atoms with van der Waals surface area (Å²) in [6, 6.07) is 0.